The summed E-state index contributed by atoms with van der Waals surface area (Å²) < 4.78 is 16.8. The van der Waals surface area contributed by atoms with E-state index in [-0.39, 0.29) is 0 Å². The molecule has 0 saturated carbocycles. The number of furan rings is 2. The van der Waals surface area contributed by atoms with Crippen molar-refractivity contribution in [1.29, 1.82) is 0 Å². The van der Waals surface area contributed by atoms with Crippen molar-refractivity contribution in [2.45, 2.75) is 0 Å². The van der Waals surface area contributed by atoms with Crippen molar-refractivity contribution in [2.24, 2.45) is 0 Å². The lowest BCUT2D eigenvalue weighted by Gasteiger charge is -2.13. The van der Waals surface area contributed by atoms with E-state index in [1.807, 2.05) is 18.2 Å². The van der Waals surface area contributed by atoms with Crippen LogP contribution in [0.25, 0.3) is 114 Å². The van der Waals surface area contributed by atoms with Crippen molar-refractivity contribution in [2.75, 3.05) is 0 Å². The van der Waals surface area contributed by atoms with Crippen molar-refractivity contribution in [3.05, 3.63) is 158 Å². The number of aromatic nitrogens is 2. The van der Waals surface area contributed by atoms with Gasteiger partial charge in [0.05, 0.1) is 32.3 Å². The minimum absolute atomic E-state index is 0.843. The number of hydrogen-bond donors (Lipinski definition) is 0. The minimum Gasteiger partial charge on any atom is -0.456 e. The van der Waals surface area contributed by atoms with E-state index in [1.54, 1.807) is 11.3 Å². The van der Waals surface area contributed by atoms with Gasteiger partial charge in [0.1, 0.15) is 27.3 Å². The van der Waals surface area contributed by atoms with Crippen molar-refractivity contribution >= 4 is 98.0 Å². The fourth-order valence-electron chi connectivity index (χ4n) is 8.31. The Morgan fingerprint density at radius 3 is 2.17 bits per heavy atom. The van der Waals surface area contributed by atoms with Crippen LogP contribution in [0.1, 0.15) is 0 Å². The summed E-state index contributed by atoms with van der Waals surface area (Å²) in [6.07, 6.45) is 0. The van der Waals surface area contributed by atoms with E-state index < -0.39 is 0 Å². The Balaban J connectivity index is 1.24. The van der Waals surface area contributed by atoms with Crippen LogP contribution in [0, 0.1) is 0 Å². The maximum Gasteiger partial charge on any atom is 0.138 e. The summed E-state index contributed by atoms with van der Waals surface area (Å²) in [4.78, 5) is 5.24. The molecule has 12 rings (SSSR count). The number of thiazole rings is 1. The highest BCUT2D eigenvalue weighted by Gasteiger charge is 2.23. The maximum atomic E-state index is 6.84. The molecule has 242 valence electrons. The predicted octanol–water partition coefficient (Wildman–Crippen LogP) is 13.7. The summed E-state index contributed by atoms with van der Waals surface area (Å²) in [5.41, 5.74) is 11.1. The molecule has 52 heavy (non-hydrogen) atoms. The third kappa shape index (κ3) is 3.88. The first kappa shape index (κ1) is 28.1. The quantitative estimate of drug-likeness (QED) is 0.186. The van der Waals surface area contributed by atoms with Gasteiger partial charge in [-0.05, 0) is 64.9 Å². The average Bonchev–Trinajstić information content (AvgIpc) is 3.97. The third-order valence-electron chi connectivity index (χ3n) is 10.6. The van der Waals surface area contributed by atoms with E-state index in [4.69, 9.17) is 13.8 Å². The summed E-state index contributed by atoms with van der Waals surface area (Å²) in [7, 11) is 0. The number of hydrogen-bond acceptors (Lipinski definition) is 4. The third-order valence-corrected chi connectivity index (χ3v) is 11.7. The first-order valence-electron chi connectivity index (χ1n) is 17.4. The molecule has 0 unspecified atom stereocenters. The molecule has 12 aromatic rings. The van der Waals surface area contributed by atoms with Crippen LogP contribution in [0.2, 0.25) is 0 Å². The smallest absolute Gasteiger partial charge is 0.138 e. The zero-order valence-electron chi connectivity index (χ0n) is 27.6. The fraction of sp³-hybridized carbons (Fsp3) is 0. The van der Waals surface area contributed by atoms with Crippen molar-refractivity contribution in [1.82, 2.24) is 9.55 Å². The molecule has 0 amide bonds. The van der Waals surface area contributed by atoms with Crippen LogP contribution in [0.3, 0.4) is 0 Å². The summed E-state index contributed by atoms with van der Waals surface area (Å²) >= 11 is 1.73. The number of rotatable bonds is 3. The molecular weight excluding hydrogens is 657 g/mol. The fourth-order valence-corrected chi connectivity index (χ4v) is 9.31. The van der Waals surface area contributed by atoms with Gasteiger partial charge < -0.3 is 13.4 Å². The Labute approximate surface area is 300 Å². The molecule has 5 heteroatoms. The van der Waals surface area contributed by atoms with Crippen LogP contribution >= 0.6 is 11.3 Å². The molecule has 4 aromatic heterocycles. The van der Waals surface area contributed by atoms with Gasteiger partial charge in [-0.2, -0.15) is 0 Å². The summed E-state index contributed by atoms with van der Waals surface area (Å²) in [6, 6.07) is 55.9. The van der Waals surface area contributed by atoms with Crippen LogP contribution in [-0.2, 0) is 0 Å². The molecule has 0 atom stereocenters. The Kier molecular flexibility index (Phi) is 5.62. The second-order valence-electron chi connectivity index (χ2n) is 13.5. The lowest BCUT2D eigenvalue weighted by Crippen LogP contribution is -1.96. The average molecular weight is 683 g/mol. The van der Waals surface area contributed by atoms with Crippen LogP contribution in [0.5, 0.6) is 0 Å². The molecule has 0 aliphatic heterocycles. The lowest BCUT2D eigenvalue weighted by atomic mass is 9.98. The highest BCUT2D eigenvalue weighted by molar-refractivity contribution is 7.21. The number of fused-ring (bicyclic) bond motifs is 12. The van der Waals surface area contributed by atoms with Crippen LogP contribution in [-0.4, -0.2) is 9.55 Å². The van der Waals surface area contributed by atoms with E-state index in [0.717, 1.165) is 97.9 Å². The van der Waals surface area contributed by atoms with E-state index >= 15 is 0 Å². The lowest BCUT2D eigenvalue weighted by molar-refractivity contribution is 0.669. The Morgan fingerprint density at radius 1 is 0.462 bits per heavy atom. The van der Waals surface area contributed by atoms with Crippen LogP contribution in [0.4, 0.5) is 0 Å². The summed E-state index contributed by atoms with van der Waals surface area (Å²) in [5.74, 6) is 0. The van der Waals surface area contributed by atoms with Crippen molar-refractivity contribution in [3.8, 4) is 27.4 Å². The molecule has 8 aromatic carbocycles. The summed E-state index contributed by atoms with van der Waals surface area (Å²) in [5, 5.41) is 10.1. The first-order valence-corrected chi connectivity index (χ1v) is 18.3. The Bertz CT molecular complexity index is 3420. The molecular formula is C47H26N2O2S. The normalized spacial score (nSPS) is 12.2. The monoisotopic (exact) mass is 682 g/mol. The van der Waals surface area contributed by atoms with Crippen molar-refractivity contribution in [3.63, 3.8) is 0 Å². The maximum absolute atomic E-state index is 6.84. The molecule has 4 heterocycles. The van der Waals surface area contributed by atoms with E-state index in [0.29, 0.717) is 0 Å². The van der Waals surface area contributed by atoms with E-state index in [2.05, 4.69) is 144 Å². The van der Waals surface area contributed by atoms with Gasteiger partial charge in [-0.25, -0.2) is 4.98 Å². The largest absolute Gasteiger partial charge is 0.456 e. The molecule has 0 fully saturated rings. The summed E-state index contributed by atoms with van der Waals surface area (Å²) in [6.45, 7) is 0. The number of benzene rings is 8. The molecule has 0 N–H and O–H groups in total. The van der Waals surface area contributed by atoms with Gasteiger partial charge in [0.2, 0.25) is 0 Å². The van der Waals surface area contributed by atoms with Gasteiger partial charge in [-0.3, -0.25) is 0 Å². The van der Waals surface area contributed by atoms with Crippen LogP contribution in [0.15, 0.2) is 167 Å². The topological polar surface area (TPSA) is 44.1 Å². The van der Waals surface area contributed by atoms with Gasteiger partial charge in [0, 0.05) is 38.1 Å². The second-order valence-corrected chi connectivity index (χ2v) is 14.5. The zero-order chi connectivity index (χ0) is 33.9. The SMILES string of the molecule is c1ccc(-c2nc3c(-c4cc(-n5c6ccccc6c6cc7oc8ccccc8c7cc65)c5c(c4)oc4ccc6ccccc6c45)cccc3s2)cc1. The standard InChI is InChI=1S/C47H26N2O2S/c1-2-12-28(13-3-1)47-48-46-31(17-10-20-43(46)52-47)29-23-38(45-42(24-29)51-40-22-21-27-11-4-5-14-30(27)44(40)45)49-36-18-8-6-15-32(36)34-26-41-35(25-37(34)49)33-16-7-9-19-39(33)50-41/h1-26H. The highest BCUT2D eigenvalue weighted by Crippen LogP contribution is 2.45. The molecule has 0 bridgehead atoms. The second kappa shape index (κ2) is 10.4. The van der Waals surface area contributed by atoms with Gasteiger partial charge in [0.15, 0.2) is 0 Å². The Hall–Kier alpha value is -6.69. The van der Waals surface area contributed by atoms with Crippen molar-refractivity contribution < 1.29 is 8.83 Å². The molecule has 4 nitrogen and oxygen atoms in total. The van der Waals surface area contributed by atoms with Gasteiger partial charge >= 0.3 is 0 Å². The highest BCUT2D eigenvalue weighted by atomic mass is 32.1. The molecule has 0 radical (unpaired) electrons. The van der Waals surface area contributed by atoms with Gasteiger partial charge in [0.25, 0.3) is 0 Å². The molecule has 0 aliphatic rings. The molecule has 0 spiro atoms. The number of nitrogens with zero attached hydrogens (tertiary/aromatic N) is 2. The van der Waals surface area contributed by atoms with E-state index in [9.17, 15) is 0 Å². The predicted molar refractivity (Wildman–Crippen MR) is 217 cm³/mol. The zero-order valence-corrected chi connectivity index (χ0v) is 28.4. The van der Waals surface area contributed by atoms with Gasteiger partial charge in [-0.15, -0.1) is 11.3 Å². The number of para-hydroxylation sites is 3. The van der Waals surface area contributed by atoms with E-state index in [1.165, 1.54) is 16.2 Å². The minimum atomic E-state index is 0.843. The molecule has 0 aliphatic carbocycles. The molecule has 0 saturated heterocycles. The Morgan fingerprint density at radius 2 is 1.25 bits per heavy atom. The van der Waals surface area contributed by atoms with Crippen LogP contribution < -0.4 is 0 Å². The van der Waals surface area contributed by atoms with Gasteiger partial charge in [-0.1, -0.05) is 109 Å². The first-order chi connectivity index (χ1) is 25.8.